The zero-order chi connectivity index (χ0) is 22.2. The van der Waals surface area contributed by atoms with Crippen molar-refractivity contribution in [2.75, 3.05) is 19.7 Å². The molecule has 2 atom stereocenters. The SMILES string of the molecule is O=C(OCC(C[C@H]1CCCNC1)c1cncnc1)C(O)(c1ccccc1)c1ccccc1. The number of esters is 1. The lowest BCUT2D eigenvalue weighted by molar-refractivity contribution is -0.163. The average molecular weight is 432 g/mol. The first-order valence-electron chi connectivity index (χ1n) is 11.1. The van der Waals surface area contributed by atoms with Crippen LogP contribution in [0.2, 0.25) is 0 Å². The van der Waals surface area contributed by atoms with E-state index < -0.39 is 11.6 Å². The summed E-state index contributed by atoms with van der Waals surface area (Å²) >= 11 is 0. The van der Waals surface area contributed by atoms with Crippen molar-refractivity contribution in [2.24, 2.45) is 5.92 Å². The number of aromatic nitrogens is 2. The molecule has 2 heterocycles. The molecule has 2 aromatic carbocycles. The molecule has 0 amide bonds. The maximum atomic E-state index is 13.4. The molecule has 0 saturated carbocycles. The Hall–Kier alpha value is -3.09. The van der Waals surface area contributed by atoms with Crippen LogP contribution in [0.1, 0.15) is 41.9 Å². The van der Waals surface area contributed by atoms with Crippen LogP contribution in [0.3, 0.4) is 0 Å². The maximum absolute atomic E-state index is 13.4. The van der Waals surface area contributed by atoms with Crippen LogP contribution >= 0.6 is 0 Å². The Kier molecular flexibility index (Phi) is 7.24. The Morgan fingerprint density at radius 1 is 1.06 bits per heavy atom. The normalized spacial score (nSPS) is 17.5. The van der Waals surface area contributed by atoms with Gasteiger partial charge in [-0.15, -0.1) is 0 Å². The lowest BCUT2D eigenvalue weighted by atomic mass is 9.85. The van der Waals surface area contributed by atoms with E-state index in [2.05, 4.69) is 15.3 Å². The molecule has 1 aliphatic rings. The van der Waals surface area contributed by atoms with Gasteiger partial charge < -0.3 is 15.2 Å². The van der Waals surface area contributed by atoms with Crippen molar-refractivity contribution < 1.29 is 14.6 Å². The predicted molar refractivity (Wildman–Crippen MR) is 122 cm³/mol. The highest BCUT2D eigenvalue weighted by molar-refractivity contribution is 5.85. The molecule has 1 aliphatic heterocycles. The van der Waals surface area contributed by atoms with Gasteiger partial charge in [-0.1, -0.05) is 60.7 Å². The summed E-state index contributed by atoms with van der Waals surface area (Å²) in [5.41, 5.74) is 0.0144. The lowest BCUT2D eigenvalue weighted by Crippen LogP contribution is -2.39. The second kappa shape index (κ2) is 10.5. The van der Waals surface area contributed by atoms with E-state index in [4.69, 9.17) is 4.74 Å². The van der Waals surface area contributed by atoms with Crippen molar-refractivity contribution in [1.29, 1.82) is 0 Å². The highest BCUT2D eigenvalue weighted by Crippen LogP contribution is 2.33. The molecule has 1 fully saturated rings. The molecule has 0 radical (unpaired) electrons. The van der Waals surface area contributed by atoms with E-state index in [1.54, 1.807) is 60.9 Å². The largest absolute Gasteiger partial charge is 0.462 e. The van der Waals surface area contributed by atoms with E-state index >= 15 is 0 Å². The molecular weight excluding hydrogens is 402 g/mol. The Morgan fingerprint density at radius 3 is 2.25 bits per heavy atom. The number of hydrogen-bond donors (Lipinski definition) is 2. The molecule has 166 valence electrons. The maximum Gasteiger partial charge on any atom is 0.347 e. The van der Waals surface area contributed by atoms with E-state index in [9.17, 15) is 9.90 Å². The summed E-state index contributed by atoms with van der Waals surface area (Å²) in [6.07, 6.45) is 8.21. The van der Waals surface area contributed by atoms with Crippen LogP contribution < -0.4 is 5.32 Å². The first-order chi connectivity index (χ1) is 15.7. The number of carbonyl (C=O) groups is 1. The van der Waals surface area contributed by atoms with Crippen molar-refractivity contribution >= 4 is 5.97 Å². The highest BCUT2D eigenvalue weighted by Gasteiger charge is 2.42. The molecule has 0 bridgehead atoms. The third kappa shape index (κ3) is 5.03. The Bertz CT molecular complexity index is 937. The van der Waals surface area contributed by atoms with E-state index in [-0.39, 0.29) is 12.5 Å². The Labute approximate surface area is 188 Å². The van der Waals surface area contributed by atoms with Gasteiger partial charge in [0.1, 0.15) is 6.33 Å². The van der Waals surface area contributed by atoms with Crippen molar-refractivity contribution in [3.63, 3.8) is 0 Å². The fourth-order valence-corrected chi connectivity index (χ4v) is 4.39. The van der Waals surface area contributed by atoms with E-state index in [0.717, 1.165) is 37.9 Å². The van der Waals surface area contributed by atoms with Gasteiger partial charge in [0.25, 0.3) is 0 Å². The molecule has 6 heteroatoms. The van der Waals surface area contributed by atoms with E-state index in [0.29, 0.717) is 17.0 Å². The minimum atomic E-state index is -1.88. The molecule has 0 aliphatic carbocycles. The smallest absolute Gasteiger partial charge is 0.347 e. The van der Waals surface area contributed by atoms with Crippen LogP contribution in [0.5, 0.6) is 0 Å². The van der Waals surface area contributed by atoms with Crippen LogP contribution in [-0.2, 0) is 15.1 Å². The van der Waals surface area contributed by atoms with Crippen LogP contribution in [0.4, 0.5) is 0 Å². The number of hydrogen-bond acceptors (Lipinski definition) is 6. The number of piperidine rings is 1. The third-order valence-corrected chi connectivity index (χ3v) is 6.16. The van der Waals surface area contributed by atoms with Gasteiger partial charge in [0, 0.05) is 18.3 Å². The van der Waals surface area contributed by atoms with Crippen LogP contribution in [0.15, 0.2) is 79.4 Å². The molecule has 0 spiro atoms. The van der Waals surface area contributed by atoms with Gasteiger partial charge in [0.15, 0.2) is 0 Å². The summed E-state index contributed by atoms with van der Waals surface area (Å²) in [5.74, 6) is -0.228. The molecule has 1 saturated heterocycles. The summed E-state index contributed by atoms with van der Waals surface area (Å²) in [7, 11) is 0. The zero-order valence-electron chi connectivity index (χ0n) is 18.1. The van der Waals surface area contributed by atoms with Gasteiger partial charge in [0.05, 0.1) is 6.61 Å². The predicted octanol–water partition coefficient (Wildman–Crippen LogP) is 3.43. The topological polar surface area (TPSA) is 84.3 Å². The Morgan fingerprint density at radius 2 is 1.69 bits per heavy atom. The van der Waals surface area contributed by atoms with Crippen molar-refractivity contribution in [1.82, 2.24) is 15.3 Å². The van der Waals surface area contributed by atoms with Crippen LogP contribution in [0.25, 0.3) is 0 Å². The highest BCUT2D eigenvalue weighted by atomic mass is 16.5. The molecule has 1 aromatic heterocycles. The zero-order valence-corrected chi connectivity index (χ0v) is 18.1. The number of ether oxygens (including phenoxy) is 1. The standard InChI is InChI=1S/C26H29N3O3/c30-25(26(31,23-9-3-1-4-10-23)24-11-5-2-6-12-24)32-18-21(22-16-28-19-29-17-22)14-20-8-7-13-27-15-20/h1-6,9-12,16-17,19-21,27,31H,7-8,13-15,18H2/t20-,21?/m1/s1. The molecular formula is C26H29N3O3. The first-order valence-corrected chi connectivity index (χ1v) is 11.1. The van der Waals surface area contributed by atoms with Gasteiger partial charge in [-0.3, -0.25) is 0 Å². The van der Waals surface area contributed by atoms with Gasteiger partial charge in [-0.05, 0) is 55.0 Å². The number of benzene rings is 2. The number of nitrogens with one attached hydrogen (secondary N) is 1. The quantitative estimate of drug-likeness (QED) is 0.532. The van der Waals surface area contributed by atoms with Gasteiger partial charge in [0.2, 0.25) is 5.60 Å². The van der Waals surface area contributed by atoms with Crippen LogP contribution in [-0.4, -0.2) is 40.7 Å². The number of carbonyl (C=O) groups excluding carboxylic acids is 1. The summed E-state index contributed by atoms with van der Waals surface area (Å²) in [6, 6.07) is 17.9. The summed E-state index contributed by atoms with van der Waals surface area (Å²) < 4.78 is 5.81. The Balaban J connectivity index is 1.56. The van der Waals surface area contributed by atoms with E-state index in [1.165, 1.54) is 6.33 Å². The lowest BCUT2D eigenvalue weighted by Gasteiger charge is -2.30. The molecule has 4 rings (SSSR count). The van der Waals surface area contributed by atoms with Gasteiger partial charge >= 0.3 is 5.97 Å². The fraction of sp³-hybridized carbons (Fsp3) is 0.346. The molecule has 1 unspecified atom stereocenters. The first kappa shape index (κ1) is 22.1. The number of aliphatic hydroxyl groups is 1. The van der Waals surface area contributed by atoms with Gasteiger partial charge in [-0.25, -0.2) is 14.8 Å². The fourth-order valence-electron chi connectivity index (χ4n) is 4.39. The number of nitrogens with zero attached hydrogens (tertiary/aromatic N) is 2. The third-order valence-electron chi connectivity index (χ3n) is 6.16. The molecule has 32 heavy (non-hydrogen) atoms. The second-order valence-corrected chi connectivity index (χ2v) is 8.36. The minimum Gasteiger partial charge on any atom is -0.462 e. The monoisotopic (exact) mass is 431 g/mol. The van der Waals surface area contributed by atoms with Crippen molar-refractivity contribution in [3.05, 3.63) is 96.1 Å². The van der Waals surface area contributed by atoms with E-state index in [1.807, 2.05) is 12.1 Å². The molecule has 3 aromatic rings. The van der Waals surface area contributed by atoms with Crippen molar-refractivity contribution in [3.8, 4) is 0 Å². The summed E-state index contributed by atoms with van der Waals surface area (Å²) in [6.45, 7) is 2.16. The number of rotatable bonds is 8. The van der Waals surface area contributed by atoms with Gasteiger partial charge in [-0.2, -0.15) is 0 Å². The average Bonchev–Trinajstić information content (AvgIpc) is 2.88. The van der Waals surface area contributed by atoms with Crippen molar-refractivity contribution in [2.45, 2.75) is 30.8 Å². The molecule has 6 nitrogen and oxygen atoms in total. The van der Waals surface area contributed by atoms with Crippen LogP contribution in [0, 0.1) is 5.92 Å². The summed E-state index contributed by atoms with van der Waals surface area (Å²) in [4.78, 5) is 21.7. The molecule has 2 N–H and O–H groups in total. The second-order valence-electron chi connectivity index (χ2n) is 8.36. The minimum absolute atomic E-state index is 0.0409. The summed E-state index contributed by atoms with van der Waals surface area (Å²) in [5, 5.41) is 15.1.